The molecule has 0 saturated carbocycles. The largest absolute Gasteiger partial charge is 0.865 e. The molecule has 0 amide bonds. The first kappa shape index (κ1) is 15.6. The number of aliphatic imine (C=N–C) groups is 1. The Morgan fingerprint density at radius 2 is 1.62 bits per heavy atom. The molecule has 0 spiro atoms. The summed E-state index contributed by atoms with van der Waals surface area (Å²) in [5.74, 6) is -0.743. The van der Waals surface area contributed by atoms with E-state index < -0.39 is 16.6 Å². The van der Waals surface area contributed by atoms with E-state index in [1.54, 1.807) is 30.7 Å². The maximum Gasteiger partial charge on any atom is 0.296 e. The third-order valence-corrected chi connectivity index (χ3v) is 3.68. The average molecular weight is 321 g/mol. The van der Waals surface area contributed by atoms with Crippen LogP contribution in [0.25, 0.3) is 5.69 Å². The van der Waals surface area contributed by atoms with Crippen LogP contribution in [0.15, 0.2) is 63.4 Å². The minimum absolute atomic E-state index is 0.109. The van der Waals surface area contributed by atoms with E-state index >= 15 is 0 Å². The fraction of sp³-hybridized carbons (Fsp3) is 0.111. The van der Waals surface area contributed by atoms with Gasteiger partial charge >= 0.3 is 0 Å². The second-order valence-corrected chi connectivity index (χ2v) is 5.54. The molecule has 0 unspecified atom stereocenters. The summed E-state index contributed by atoms with van der Waals surface area (Å²) in [6, 6.07) is 11.2. The molecule has 0 aliphatic rings. The highest BCUT2D eigenvalue weighted by Gasteiger charge is 2.22. The van der Waals surface area contributed by atoms with Gasteiger partial charge in [-0.05, 0) is 24.3 Å². The number of benzene rings is 1. The monoisotopic (exact) mass is 321 g/mol. The molecule has 24 heavy (non-hydrogen) atoms. The molecule has 6 heteroatoms. The third-order valence-electron chi connectivity index (χ3n) is 3.68. The summed E-state index contributed by atoms with van der Waals surface area (Å²) in [4.78, 5) is 28.8. The number of anilines is 1. The molecule has 2 aromatic carbocycles. The van der Waals surface area contributed by atoms with Crippen molar-refractivity contribution in [3.05, 3.63) is 74.8 Å². The second kappa shape index (κ2) is 6.08. The van der Waals surface area contributed by atoms with E-state index in [4.69, 9.17) is 0 Å². The fourth-order valence-electron chi connectivity index (χ4n) is 2.25. The Kier molecular flexibility index (Phi) is 3.95. The lowest BCUT2D eigenvalue weighted by Crippen LogP contribution is -2.49. The van der Waals surface area contributed by atoms with Gasteiger partial charge in [-0.2, -0.15) is 4.57 Å². The highest BCUT2D eigenvalue weighted by molar-refractivity contribution is 5.81. The van der Waals surface area contributed by atoms with Crippen LogP contribution >= 0.6 is 0 Å². The molecular weight excluding hydrogens is 306 g/mol. The van der Waals surface area contributed by atoms with Crippen LogP contribution in [0.5, 0.6) is 5.75 Å². The predicted octanol–water partition coefficient (Wildman–Crippen LogP) is 0.449. The lowest BCUT2D eigenvalue weighted by Gasteiger charge is -2.11. The summed E-state index contributed by atoms with van der Waals surface area (Å²) in [6.45, 7) is 0. The number of pyridine rings is 1. The minimum Gasteiger partial charge on any atom is -0.865 e. The summed E-state index contributed by atoms with van der Waals surface area (Å²) >= 11 is 0. The van der Waals surface area contributed by atoms with Crippen LogP contribution in [0.1, 0.15) is 5.56 Å². The van der Waals surface area contributed by atoms with E-state index in [0.29, 0.717) is 0 Å². The fourth-order valence-corrected chi connectivity index (χ4v) is 2.25. The van der Waals surface area contributed by atoms with Gasteiger partial charge in [0.1, 0.15) is 0 Å². The first-order valence-corrected chi connectivity index (χ1v) is 7.31. The number of rotatable bonds is 4. The van der Waals surface area contributed by atoms with E-state index in [1.807, 2.05) is 43.3 Å². The Hall–Kier alpha value is -3.28. The van der Waals surface area contributed by atoms with Crippen molar-refractivity contribution in [2.75, 3.05) is 19.0 Å². The SMILES string of the molecule is CN(C)c1ccc(N=Cc2cc[n+](-c3c([O-])c(=O)c3=O)cc2)cc1. The molecule has 0 aliphatic heterocycles. The molecule has 0 N–H and O–H groups in total. The van der Waals surface area contributed by atoms with Crippen molar-refractivity contribution in [2.45, 2.75) is 0 Å². The van der Waals surface area contributed by atoms with Crippen LogP contribution in [0.4, 0.5) is 11.4 Å². The Morgan fingerprint density at radius 3 is 2.17 bits per heavy atom. The lowest BCUT2D eigenvalue weighted by atomic mass is 10.2. The smallest absolute Gasteiger partial charge is 0.296 e. The van der Waals surface area contributed by atoms with Crippen molar-refractivity contribution in [2.24, 2.45) is 4.99 Å². The molecule has 0 fully saturated rings. The molecule has 0 saturated heterocycles. The van der Waals surface area contributed by atoms with Crippen LogP contribution in [-0.2, 0) is 0 Å². The Labute approximate surface area is 138 Å². The van der Waals surface area contributed by atoms with Gasteiger partial charge in [0.25, 0.3) is 11.1 Å². The van der Waals surface area contributed by atoms with Gasteiger partial charge in [0.2, 0.25) is 5.43 Å². The molecule has 1 aromatic heterocycles. The Morgan fingerprint density at radius 1 is 1.00 bits per heavy atom. The summed E-state index contributed by atoms with van der Waals surface area (Å²) in [5.41, 5.74) is 0.923. The summed E-state index contributed by atoms with van der Waals surface area (Å²) in [7, 11) is 3.95. The van der Waals surface area contributed by atoms with Gasteiger partial charge in [-0.3, -0.25) is 14.6 Å². The minimum atomic E-state index is -0.954. The molecule has 0 bridgehead atoms. The molecule has 0 radical (unpaired) electrons. The number of hydrogen-bond acceptors (Lipinski definition) is 5. The van der Waals surface area contributed by atoms with Gasteiger partial charge in [-0.25, -0.2) is 0 Å². The molecule has 6 nitrogen and oxygen atoms in total. The van der Waals surface area contributed by atoms with E-state index in [-0.39, 0.29) is 5.69 Å². The van der Waals surface area contributed by atoms with E-state index in [2.05, 4.69) is 4.99 Å². The van der Waals surface area contributed by atoms with Crippen LogP contribution < -0.4 is 25.4 Å². The van der Waals surface area contributed by atoms with Gasteiger partial charge in [-0.1, -0.05) is 0 Å². The zero-order chi connectivity index (χ0) is 17.3. The van der Waals surface area contributed by atoms with Crippen LogP contribution in [0.3, 0.4) is 0 Å². The lowest BCUT2D eigenvalue weighted by molar-refractivity contribution is -0.602. The van der Waals surface area contributed by atoms with Crippen LogP contribution in [0, 0.1) is 0 Å². The standard InChI is InChI=1S/C18H15N3O3/c1-20(2)14-5-3-13(4-6-14)19-11-12-7-9-21(10-8-12)15-16(22)18(24)17(15)23/h3-11H,1-2H3. The Balaban J connectivity index is 1.77. The highest BCUT2D eigenvalue weighted by Crippen LogP contribution is 2.17. The molecule has 3 rings (SSSR count). The quantitative estimate of drug-likeness (QED) is 0.397. The second-order valence-electron chi connectivity index (χ2n) is 5.54. The number of hydrogen-bond donors (Lipinski definition) is 0. The predicted molar refractivity (Wildman–Crippen MR) is 90.4 cm³/mol. The maximum absolute atomic E-state index is 11.4. The Bertz CT molecular complexity index is 964. The first-order valence-electron chi connectivity index (χ1n) is 7.31. The van der Waals surface area contributed by atoms with Crippen molar-refractivity contribution < 1.29 is 9.67 Å². The van der Waals surface area contributed by atoms with Crippen molar-refractivity contribution in [3.8, 4) is 11.4 Å². The number of aromatic nitrogens is 1. The van der Waals surface area contributed by atoms with Gasteiger partial charge in [0.05, 0.1) is 5.69 Å². The van der Waals surface area contributed by atoms with Crippen molar-refractivity contribution in [1.29, 1.82) is 0 Å². The average Bonchev–Trinajstić information content (AvgIpc) is 2.61. The molecule has 120 valence electrons. The molecule has 3 aromatic rings. The number of nitrogens with zero attached hydrogens (tertiary/aromatic N) is 3. The topological polar surface area (TPSA) is 76.7 Å². The van der Waals surface area contributed by atoms with Crippen molar-refractivity contribution in [1.82, 2.24) is 0 Å². The summed E-state index contributed by atoms with van der Waals surface area (Å²) in [6.07, 6.45) is 4.82. The molecule has 0 atom stereocenters. The first-order chi connectivity index (χ1) is 11.5. The van der Waals surface area contributed by atoms with Crippen LogP contribution in [-0.4, -0.2) is 20.3 Å². The van der Waals surface area contributed by atoms with Crippen molar-refractivity contribution in [3.63, 3.8) is 0 Å². The zero-order valence-electron chi connectivity index (χ0n) is 13.3. The van der Waals surface area contributed by atoms with Crippen LogP contribution in [0.2, 0.25) is 0 Å². The van der Waals surface area contributed by atoms with Gasteiger partial charge in [0, 0.05) is 49.4 Å². The van der Waals surface area contributed by atoms with E-state index in [9.17, 15) is 14.7 Å². The molecule has 0 aliphatic carbocycles. The van der Waals surface area contributed by atoms with Crippen molar-refractivity contribution >= 4 is 17.6 Å². The normalized spacial score (nSPS) is 11.2. The summed E-state index contributed by atoms with van der Waals surface area (Å²) in [5, 5.41) is 11.4. The van der Waals surface area contributed by atoms with E-state index in [0.717, 1.165) is 16.9 Å². The third kappa shape index (κ3) is 2.81. The van der Waals surface area contributed by atoms with Gasteiger partial charge in [-0.15, -0.1) is 0 Å². The molecular formula is C18H15N3O3. The molecule has 1 heterocycles. The van der Waals surface area contributed by atoms with Gasteiger partial charge < -0.3 is 10.0 Å². The zero-order valence-corrected chi connectivity index (χ0v) is 13.3. The summed E-state index contributed by atoms with van der Waals surface area (Å²) < 4.78 is 1.36. The maximum atomic E-state index is 11.4. The van der Waals surface area contributed by atoms with Gasteiger partial charge in [0.15, 0.2) is 12.4 Å². The highest BCUT2D eigenvalue weighted by atomic mass is 16.3. The van der Waals surface area contributed by atoms with E-state index in [1.165, 1.54) is 4.57 Å².